The summed E-state index contributed by atoms with van der Waals surface area (Å²) in [6.07, 6.45) is 0.997. The van der Waals surface area contributed by atoms with Gasteiger partial charge in [-0.25, -0.2) is 0 Å². The van der Waals surface area contributed by atoms with E-state index in [0.717, 1.165) is 31.8 Å². The van der Waals surface area contributed by atoms with E-state index < -0.39 is 0 Å². The first-order valence-corrected chi connectivity index (χ1v) is 6.39. The molecule has 0 aromatic heterocycles. The summed E-state index contributed by atoms with van der Waals surface area (Å²) >= 11 is 0. The van der Waals surface area contributed by atoms with Crippen molar-refractivity contribution < 1.29 is 14.6 Å². The molecule has 0 radical (unpaired) electrons. The molecule has 0 saturated carbocycles. The molecule has 1 aromatic carbocycles. The first-order chi connectivity index (χ1) is 8.81. The van der Waals surface area contributed by atoms with Crippen LogP contribution in [0, 0.1) is 0 Å². The molecule has 2 rings (SSSR count). The van der Waals surface area contributed by atoms with Crippen LogP contribution in [0.4, 0.5) is 0 Å². The van der Waals surface area contributed by atoms with Crippen LogP contribution in [0.3, 0.4) is 0 Å². The van der Waals surface area contributed by atoms with E-state index >= 15 is 0 Å². The first kappa shape index (κ1) is 13.3. The summed E-state index contributed by atoms with van der Waals surface area (Å²) in [6, 6.07) is 8.18. The van der Waals surface area contributed by atoms with Crippen LogP contribution >= 0.6 is 0 Å². The van der Waals surface area contributed by atoms with Crippen molar-refractivity contribution in [3.05, 3.63) is 29.8 Å². The highest BCUT2D eigenvalue weighted by Crippen LogP contribution is 2.12. The number of hydrogen-bond acceptors (Lipinski definition) is 4. The molecule has 1 aliphatic heterocycles. The van der Waals surface area contributed by atoms with Crippen LogP contribution in [0.1, 0.15) is 5.56 Å². The monoisotopic (exact) mass is 251 g/mol. The van der Waals surface area contributed by atoms with E-state index in [9.17, 15) is 0 Å². The van der Waals surface area contributed by atoms with Crippen molar-refractivity contribution in [2.75, 3.05) is 40.0 Å². The number of methoxy groups -OCH3 is 1. The van der Waals surface area contributed by atoms with Gasteiger partial charge in [0.25, 0.3) is 0 Å². The van der Waals surface area contributed by atoms with Crippen LogP contribution in [-0.4, -0.2) is 56.1 Å². The van der Waals surface area contributed by atoms with Gasteiger partial charge in [0, 0.05) is 19.6 Å². The Morgan fingerprint density at radius 2 is 2.17 bits per heavy atom. The molecule has 0 spiro atoms. The fourth-order valence-electron chi connectivity index (χ4n) is 2.17. The topological polar surface area (TPSA) is 41.9 Å². The average molecular weight is 251 g/mol. The smallest absolute Gasteiger partial charge is 0.118 e. The number of morpholine rings is 1. The van der Waals surface area contributed by atoms with Gasteiger partial charge in [0.1, 0.15) is 5.75 Å². The summed E-state index contributed by atoms with van der Waals surface area (Å²) in [5.41, 5.74) is 1.31. The molecule has 1 aromatic rings. The summed E-state index contributed by atoms with van der Waals surface area (Å²) in [7, 11) is 1.68. The molecular weight excluding hydrogens is 230 g/mol. The molecule has 0 amide bonds. The molecule has 1 heterocycles. The maximum Gasteiger partial charge on any atom is 0.118 e. The third-order valence-corrected chi connectivity index (χ3v) is 3.30. The van der Waals surface area contributed by atoms with Gasteiger partial charge in [-0.1, -0.05) is 12.1 Å². The highest BCUT2D eigenvalue weighted by atomic mass is 16.5. The number of rotatable bonds is 5. The molecule has 0 aliphatic carbocycles. The predicted octanol–water partition coefficient (Wildman–Crippen LogP) is 0.931. The SMILES string of the molecule is COc1ccc(CCN2CCOC(CO)C2)cc1. The van der Waals surface area contributed by atoms with Gasteiger partial charge in [-0.3, -0.25) is 4.90 Å². The van der Waals surface area contributed by atoms with E-state index in [1.807, 2.05) is 12.1 Å². The second kappa shape index (κ2) is 6.73. The van der Waals surface area contributed by atoms with E-state index in [0.29, 0.717) is 6.61 Å². The van der Waals surface area contributed by atoms with Crippen LogP contribution < -0.4 is 4.74 Å². The Balaban J connectivity index is 1.79. The Kier molecular flexibility index (Phi) is 4.99. The van der Waals surface area contributed by atoms with Crippen molar-refractivity contribution in [1.29, 1.82) is 0 Å². The number of aliphatic hydroxyl groups is 1. The summed E-state index contributed by atoms with van der Waals surface area (Å²) in [5.74, 6) is 0.894. The molecule has 1 fully saturated rings. The Labute approximate surface area is 108 Å². The molecule has 100 valence electrons. The van der Waals surface area contributed by atoms with Gasteiger partial charge < -0.3 is 14.6 Å². The van der Waals surface area contributed by atoms with Crippen LogP contribution in [0.25, 0.3) is 0 Å². The number of hydrogen-bond donors (Lipinski definition) is 1. The third-order valence-electron chi connectivity index (χ3n) is 3.30. The Morgan fingerprint density at radius 1 is 1.39 bits per heavy atom. The van der Waals surface area contributed by atoms with Gasteiger partial charge in [-0.05, 0) is 24.1 Å². The van der Waals surface area contributed by atoms with Crippen LogP contribution in [0.15, 0.2) is 24.3 Å². The molecule has 1 unspecified atom stereocenters. The summed E-state index contributed by atoms with van der Waals surface area (Å²) in [6.45, 7) is 3.61. The molecule has 1 aliphatic rings. The lowest BCUT2D eigenvalue weighted by Crippen LogP contribution is -2.44. The van der Waals surface area contributed by atoms with Crippen LogP contribution in [0.2, 0.25) is 0 Å². The predicted molar refractivity (Wildman–Crippen MR) is 70.0 cm³/mol. The van der Waals surface area contributed by atoms with E-state index in [4.69, 9.17) is 14.6 Å². The zero-order valence-corrected chi connectivity index (χ0v) is 10.8. The van der Waals surface area contributed by atoms with Crippen LogP contribution in [-0.2, 0) is 11.2 Å². The summed E-state index contributed by atoms with van der Waals surface area (Å²) in [5, 5.41) is 9.09. The fraction of sp³-hybridized carbons (Fsp3) is 0.571. The van der Waals surface area contributed by atoms with E-state index in [1.165, 1.54) is 5.56 Å². The van der Waals surface area contributed by atoms with E-state index in [1.54, 1.807) is 7.11 Å². The second-order valence-electron chi connectivity index (χ2n) is 4.57. The Morgan fingerprint density at radius 3 is 2.83 bits per heavy atom. The lowest BCUT2D eigenvalue weighted by molar-refractivity contribution is -0.0523. The lowest BCUT2D eigenvalue weighted by atomic mass is 10.1. The quantitative estimate of drug-likeness (QED) is 0.845. The highest BCUT2D eigenvalue weighted by Gasteiger charge is 2.18. The molecule has 4 heteroatoms. The van der Waals surface area contributed by atoms with E-state index in [-0.39, 0.29) is 12.7 Å². The van der Waals surface area contributed by atoms with Crippen molar-refractivity contribution >= 4 is 0 Å². The summed E-state index contributed by atoms with van der Waals surface area (Å²) < 4.78 is 10.6. The largest absolute Gasteiger partial charge is 0.497 e. The van der Waals surface area contributed by atoms with Crippen molar-refractivity contribution in [1.82, 2.24) is 4.90 Å². The van der Waals surface area contributed by atoms with Gasteiger partial charge in [0.05, 0.1) is 26.4 Å². The molecule has 1 N–H and O–H groups in total. The minimum atomic E-state index is -0.0189. The second-order valence-corrected chi connectivity index (χ2v) is 4.57. The zero-order chi connectivity index (χ0) is 12.8. The van der Waals surface area contributed by atoms with Crippen molar-refractivity contribution in [2.24, 2.45) is 0 Å². The number of nitrogens with zero attached hydrogens (tertiary/aromatic N) is 1. The average Bonchev–Trinajstić information content (AvgIpc) is 2.46. The van der Waals surface area contributed by atoms with Crippen molar-refractivity contribution in [3.63, 3.8) is 0 Å². The van der Waals surface area contributed by atoms with Crippen molar-refractivity contribution in [3.8, 4) is 5.75 Å². The van der Waals surface area contributed by atoms with Gasteiger partial charge in [-0.2, -0.15) is 0 Å². The van der Waals surface area contributed by atoms with Gasteiger partial charge in [0.2, 0.25) is 0 Å². The molecule has 1 atom stereocenters. The number of ether oxygens (including phenoxy) is 2. The third kappa shape index (κ3) is 3.70. The lowest BCUT2D eigenvalue weighted by Gasteiger charge is -2.31. The van der Waals surface area contributed by atoms with Gasteiger partial charge in [-0.15, -0.1) is 0 Å². The van der Waals surface area contributed by atoms with Gasteiger partial charge in [0.15, 0.2) is 0 Å². The summed E-state index contributed by atoms with van der Waals surface area (Å²) in [4.78, 5) is 2.34. The fourth-order valence-corrected chi connectivity index (χ4v) is 2.17. The minimum absolute atomic E-state index is 0.0189. The highest BCUT2D eigenvalue weighted by molar-refractivity contribution is 5.27. The maximum atomic E-state index is 9.09. The van der Waals surface area contributed by atoms with E-state index in [2.05, 4.69) is 17.0 Å². The molecule has 0 bridgehead atoms. The Hall–Kier alpha value is -1.10. The number of benzene rings is 1. The molecule has 18 heavy (non-hydrogen) atoms. The molecule has 1 saturated heterocycles. The number of aliphatic hydroxyl groups excluding tert-OH is 1. The van der Waals surface area contributed by atoms with Gasteiger partial charge >= 0.3 is 0 Å². The molecule has 4 nitrogen and oxygen atoms in total. The minimum Gasteiger partial charge on any atom is -0.497 e. The zero-order valence-electron chi connectivity index (χ0n) is 10.8. The first-order valence-electron chi connectivity index (χ1n) is 6.39. The maximum absolute atomic E-state index is 9.09. The van der Waals surface area contributed by atoms with Crippen LogP contribution in [0.5, 0.6) is 5.75 Å². The Bertz CT molecular complexity index is 353. The normalized spacial score (nSPS) is 20.9. The standard InChI is InChI=1S/C14H21NO3/c1-17-13-4-2-12(3-5-13)6-7-15-8-9-18-14(10-15)11-16/h2-5,14,16H,6-11H2,1H3. The van der Waals surface area contributed by atoms with Crippen molar-refractivity contribution in [2.45, 2.75) is 12.5 Å². The molecular formula is C14H21NO3.